The predicted octanol–water partition coefficient (Wildman–Crippen LogP) is 9.54. The minimum absolute atomic E-state index is 0.0787. The van der Waals surface area contributed by atoms with Gasteiger partial charge in [0, 0.05) is 56.1 Å². The van der Waals surface area contributed by atoms with Gasteiger partial charge in [-0.2, -0.15) is 5.26 Å². The van der Waals surface area contributed by atoms with Crippen LogP contribution in [0.3, 0.4) is 0 Å². The number of nitriles is 1. The van der Waals surface area contributed by atoms with Crippen molar-refractivity contribution in [3.8, 4) is 39.6 Å². The van der Waals surface area contributed by atoms with Crippen LogP contribution in [0.5, 0.6) is 0 Å². The summed E-state index contributed by atoms with van der Waals surface area (Å²) >= 11 is 6.44. The van der Waals surface area contributed by atoms with Gasteiger partial charge in [0.15, 0.2) is 11.0 Å². The number of aryl methyl sites for hydroxylation is 1. The van der Waals surface area contributed by atoms with E-state index < -0.39 is 40.5 Å². The van der Waals surface area contributed by atoms with Gasteiger partial charge in [0.25, 0.3) is 6.43 Å². The van der Waals surface area contributed by atoms with Crippen molar-refractivity contribution in [3.05, 3.63) is 147 Å². The number of amides is 1. The number of pyridine rings is 1. The fourth-order valence-corrected chi connectivity index (χ4v) is 6.46. The number of aromatic nitrogens is 2. The molecule has 0 bridgehead atoms. The SMILES string of the molecule is Cc1ccc(F)ccc(-c2cnccc2C#N)c(-c2cccc(-c3cc(F)c(C(=O)N=O)cc3Cl)c2)n1S(=O)c1ccc(C(F)F)cc1. The number of carbonyl (C=O) groups is 1. The summed E-state index contributed by atoms with van der Waals surface area (Å²) in [6, 6.07) is 21.9. The van der Waals surface area contributed by atoms with Gasteiger partial charge >= 0.3 is 5.91 Å². The normalized spacial score (nSPS) is 11.5. The zero-order chi connectivity index (χ0) is 34.5. The summed E-state index contributed by atoms with van der Waals surface area (Å²) in [7, 11) is -2.15. The number of halogens is 5. The van der Waals surface area contributed by atoms with Crippen LogP contribution in [0.2, 0.25) is 5.02 Å². The lowest BCUT2D eigenvalue weighted by molar-refractivity contribution is 0.0997. The van der Waals surface area contributed by atoms with E-state index in [0.29, 0.717) is 11.1 Å². The van der Waals surface area contributed by atoms with Crippen molar-refractivity contribution >= 4 is 28.5 Å². The van der Waals surface area contributed by atoms with Crippen molar-refractivity contribution in [1.29, 1.82) is 5.26 Å². The second-order valence-electron chi connectivity index (χ2n) is 10.2. The van der Waals surface area contributed by atoms with E-state index in [1.165, 1.54) is 46.7 Å². The third kappa shape index (κ3) is 6.92. The first-order chi connectivity index (χ1) is 23.0. The Morgan fingerprint density at radius 3 is 2.33 bits per heavy atom. The van der Waals surface area contributed by atoms with E-state index in [9.17, 15) is 36.7 Å². The molecule has 0 N–H and O–H groups in total. The summed E-state index contributed by atoms with van der Waals surface area (Å²) in [5.41, 5.74) is 0.964. The molecule has 13 heteroatoms. The largest absolute Gasteiger partial charge is 0.319 e. The monoisotopic (exact) mass is 688 g/mol. The molecule has 2 heterocycles. The zero-order valence-electron chi connectivity index (χ0n) is 24.7. The second-order valence-corrected chi connectivity index (χ2v) is 11.9. The minimum atomic E-state index is -2.75. The van der Waals surface area contributed by atoms with Crippen LogP contribution in [0.4, 0.5) is 17.6 Å². The van der Waals surface area contributed by atoms with Crippen molar-refractivity contribution in [3.63, 3.8) is 0 Å². The van der Waals surface area contributed by atoms with E-state index in [1.54, 1.807) is 31.2 Å². The Hall–Kier alpha value is -5.51. The lowest BCUT2D eigenvalue weighted by Crippen LogP contribution is -2.12. The van der Waals surface area contributed by atoms with E-state index in [1.807, 2.05) is 0 Å². The molecule has 0 fully saturated rings. The molecule has 1 atom stereocenters. The van der Waals surface area contributed by atoms with Gasteiger partial charge in [0.05, 0.1) is 27.8 Å². The standard InChI is InChI=1S/C35H21ClF4N4O3S/c1-20-5-8-25(37)9-12-27(30-19-42-14-13-24(30)18-41)33(44(20)48(47)26-10-6-21(7-11-26)34(39)40)23-4-2-3-22(15-23)28-17-32(38)29(16-31(28)36)35(45)43-46/h2-17,19,34H,1H3. The summed E-state index contributed by atoms with van der Waals surface area (Å²) in [6.07, 6.45) is 0.0391. The van der Waals surface area contributed by atoms with Gasteiger partial charge in [-0.1, -0.05) is 41.9 Å². The smallest absolute Gasteiger partial charge is 0.264 e. The molecule has 0 saturated carbocycles. The van der Waals surface area contributed by atoms with E-state index in [-0.39, 0.29) is 49.1 Å². The predicted molar refractivity (Wildman–Crippen MR) is 174 cm³/mol. The Labute approximate surface area is 279 Å². The Morgan fingerprint density at radius 2 is 1.65 bits per heavy atom. The number of rotatable bonds is 7. The highest BCUT2D eigenvalue weighted by molar-refractivity contribution is 7.83. The Kier molecular flexibility index (Phi) is 10.2. The first kappa shape index (κ1) is 33.8. The molecule has 0 saturated heterocycles. The maximum atomic E-state index is 15.0. The molecule has 3 aromatic carbocycles. The lowest BCUT2D eigenvalue weighted by Gasteiger charge is -2.19. The van der Waals surface area contributed by atoms with Crippen molar-refractivity contribution in [1.82, 2.24) is 8.96 Å². The highest BCUT2D eigenvalue weighted by atomic mass is 35.5. The van der Waals surface area contributed by atoms with Crippen LogP contribution in [0.1, 0.15) is 33.6 Å². The van der Waals surface area contributed by atoms with Crippen molar-refractivity contribution < 1.29 is 26.6 Å². The van der Waals surface area contributed by atoms with Crippen LogP contribution in [0.25, 0.3) is 33.5 Å². The second kappa shape index (κ2) is 14.5. The quantitative estimate of drug-likeness (QED) is 0.125. The molecule has 5 rings (SSSR count). The minimum Gasteiger partial charge on any atom is -0.264 e. The average molecular weight is 689 g/mol. The van der Waals surface area contributed by atoms with Gasteiger partial charge in [-0.05, 0) is 73.2 Å². The van der Waals surface area contributed by atoms with Gasteiger partial charge in [0.1, 0.15) is 11.6 Å². The highest BCUT2D eigenvalue weighted by Gasteiger charge is 2.22. The Morgan fingerprint density at radius 1 is 0.938 bits per heavy atom. The topological polar surface area (TPSA) is 105 Å². The molecule has 0 aliphatic heterocycles. The first-order valence-electron chi connectivity index (χ1n) is 13.9. The molecule has 48 heavy (non-hydrogen) atoms. The van der Waals surface area contributed by atoms with Gasteiger partial charge in [0.2, 0.25) is 0 Å². The summed E-state index contributed by atoms with van der Waals surface area (Å²) in [6.45, 7) is 1.57. The molecule has 0 radical (unpaired) electrons. The molecular formula is C35H21ClF4N4O3S. The number of carbonyl (C=O) groups excluding carboxylic acids is 1. The summed E-state index contributed by atoms with van der Waals surface area (Å²) in [4.78, 5) is 26.9. The van der Waals surface area contributed by atoms with Crippen molar-refractivity contribution in [2.24, 2.45) is 5.18 Å². The molecule has 1 amide bonds. The summed E-state index contributed by atoms with van der Waals surface area (Å²) < 4.78 is 72.5. The number of nitroso groups, excluding NO2 is 1. The average Bonchev–Trinajstić information content (AvgIpc) is 3.16. The number of hydrogen-bond acceptors (Lipinski definition) is 5. The summed E-state index contributed by atoms with van der Waals surface area (Å²) in [5.74, 6) is -3.05. The van der Waals surface area contributed by atoms with Crippen molar-refractivity contribution in [2.75, 3.05) is 0 Å². The maximum absolute atomic E-state index is 15.0. The molecule has 7 nitrogen and oxygen atoms in total. The van der Waals surface area contributed by atoms with E-state index in [4.69, 9.17) is 11.6 Å². The van der Waals surface area contributed by atoms with Crippen LogP contribution in [-0.2, 0) is 11.0 Å². The number of benzene rings is 3. The van der Waals surface area contributed by atoms with Gasteiger partial charge < -0.3 is 0 Å². The molecule has 0 aliphatic carbocycles. The van der Waals surface area contributed by atoms with Crippen LogP contribution in [0, 0.1) is 34.8 Å². The van der Waals surface area contributed by atoms with Gasteiger partial charge in [-0.3, -0.25) is 13.8 Å². The van der Waals surface area contributed by atoms with Crippen LogP contribution < -0.4 is 0 Å². The van der Waals surface area contributed by atoms with E-state index in [2.05, 4.69) is 16.2 Å². The third-order valence-corrected chi connectivity index (χ3v) is 9.01. The van der Waals surface area contributed by atoms with Crippen molar-refractivity contribution in [2.45, 2.75) is 18.2 Å². The molecular weight excluding hydrogens is 668 g/mol. The summed E-state index contributed by atoms with van der Waals surface area (Å²) in [5, 5.41) is 12.2. The van der Waals surface area contributed by atoms with Crippen LogP contribution >= 0.6 is 11.6 Å². The molecule has 2 aromatic heterocycles. The molecule has 0 aliphatic rings. The molecule has 0 spiro atoms. The first-order valence-corrected chi connectivity index (χ1v) is 15.4. The molecule has 240 valence electrons. The van der Waals surface area contributed by atoms with Crippen LogP contribution in [-0.4, -0.2) is 19.1 Å². The zero-order valence-corrected chi connectivity index (χ0v) is 26.3. The number of nitrogens with zero attached hydrogens (tertiary/aromatic N) is 4. The molecule has 5 aromatic rings. The number of alkyl halides is 2. The number of hydrogen-bond donors (Lipinski definition) is 0. The molecule has 1 unspecified atom stereocenters. The highest BCUT2D eigenvalue weighted by Crippen LogP contribution is 2.38. The van der Waals surface area contributed by atoms with Gasteiger partial charge in [-0.15, -0.1) is 4.91 Å². The van der Waals surface area contributed by atoms with Gasteiger partial charge in [-0.25, -0.2) is 21.8 Å². The maximum Gasteiger partial charge on any atom is 0.319 e. The fraction of sp³-hybridized carbons (Fsp3) is 0.0571. The van der Waals surface area contributed by atoms with E-state index >= 15 is 0 Å². The Bertz CT molecular complexity index is 2200. The lowest BCUT2D eigenvalue weighted by atomic mass is 9.95. The fourth-order valence-electron chi connectivity index (χ4n) is 4.91. The van der Waals surface area contributed by atoms with Crippen LogP contribution in [0.15, 0.2) is 113 Å². The third-order valence-electron chi connectivity index (χ3n) is 7.22. The Balaban J connectivity index is 1.90. The van der Waals surface area contributed by atoms with E-state index in [0.717, 1.165) is 36.4 Å².